The van der Waals surface area contributed by atoms with Gasteiger partial charge in [-0.25, -0.2) is 13.6 Å². The number of hydrogen-bond acceptors (Lipinski definition) is 2. The molecule has 0 saturated heterocycles. The van der Waals surface area contributed by atoms with Gasteiger partial charge in [0.05, 0.1) is 10.2 Å². The molecule has 2 aromatic rings. The van der Waals surface area contributed by atoms with Crippen molar-refractivity contribution in [1.29, 1.82) is 0 Å². The Morgan fingerprint density at radius 1 is 1.29 bits per heavy atom. The topological polar surface area (TPSA) is 66.0 Å². The van der Waals surface area contributed by atoms with E-state index < -0.39 is 17.6 Å². The molecule has 0 amide bonds. The Balaban J connectivity index is 2.49. The van der Waals surface area contributed by atoms with Crippen LogP contribution in [0.25, 0.3) is 11.3 Å². The summed E-state index contributed by atoms with van der Waals surface area (Å²) in [7, 11) is 0. The summed E-state index contributed by atoms with van der Waals surface area (Å²) in [6.45, 7) is 0. The Kier molecular flexibility index (Phi) is 2.93. The van der Waals surface area contributed by atoms with Gasteiger partial charge in [-0.15, -0.1) is 0 Å². The number of carboxylic acid groups (broad SMARTS) is 1. The first-order valence-corrected chi connectivity index (χ1v) is 5.22. The number of hydrogen-bond donors (Lipinski definition) is 2. The van der Waals surface area contributed by atoms with Crippen molar-refractivity contribution in [2.24, 2.45) is 0 Å². The second-order valence-electron chi connectivity index (χ2n) is 3.23. The number of carboxylic acids is 1. The number of H-pyrrole nitrogens is 1. The molecule has 17 heavy (non-hydrogen) atoms. The van der Waals surface area contributed by atoms with Gasteiger partial charge < -0.3 is 5.11 Å². The number of halogens is 3. The number of nitrogens with zero attached hydrogens (tertiary/aromatic N) is 1. The molecule has 4 nitrogen and oxygen atoms in total. The molecule has 1 aromatic carbocycles. The highest BCUT2D eigenvalue weighted by Gasteiger charge is 2.13. The molecular weight excluding hydrogens is 298 g/mol. The smallest absolute Gasteiger partial charge is 0.353 e. The predicted molar refractivity (Wildman–Crippen MR) is 58.6 cm³/mol. The molecule has 7 heteroatoms. The average Bonchev–Trinajstić information content (AvgIpc) is 2.74. The quantitative estimate of drug-likeness (QED) is 0.838. The Morgan fingerprint density at radius 2 is 1.88 bits per heavy atom. The molecular formula is C10H5BrF2N2O2. The molecule has 0 radical (unpaired) electrons. The molecule has 0 bridgehead atoms. The standard InChI is InChI=1S/C10H5BrF2N2O2/c11-9-5(12)1-4(2-6(9)13)7-3-8(10(16)17)15-14-7/h1-3H,(H,14,15)(H,16,17). The molecule has 0 aliphatic heterocycles. The van der Waals surface area contributed by atoms with Crippen LogP contribution in [0, 0.1) is 11.6 Å². The summed E-state index contributed by atoms with van der Waals surface area (Å²) >= 11 is 2.74. The zero-order chi connectivity index (χ0) is 12.6. The monoisotopic (exact) mass is 302 g/mol. The van der Waals surface area contributed by atoms with E-state index in [2.05, 4.69) is 26.1 Å². The first kappa shape index (κ1) is 11.7. The van der Waals surface area contributed by atoms with Gasteiger partial charge in [0.25, 0.3) is 0 Å². The summed E-state index contributed by atoms with van der Waals surface area (Å²) in [4.78, 5) is 10.6. The Bertz CT molecular complexity index is 575. The molecule has 0 aliphatic rings. The molecule has 0 unspecified atom stereocenters. The van der Waals surface area contributed by atoms with Gasteiger partial charge in [-0.2, -0.15) is 5.10 Å². The highest BCUT2D eigenvalue weighted by Crippen LogP contribution is 2.26. The molecule has 0 atom stereocenters. The van der Waals surface area contributed by atoms with E-state index in [0.29, 0.717) is 0 Å². The lowest BCUT2D eigenvalue weighted by atomic mass is 10.1. The fraction of sp³-hybridized carbons (Fsp3) is 0. The van der Waals surface area contributed by atoms with Gasteiger partial charge in [0.15, 0.2) is 0 Å². The van der Waals surface area contributed by atoms with E-state index in [4.69, 9.17) is 5.11 Å². The van der Waals surface area contributed by atoms with Crippen LogP contribution in [0.15, 0.2) is 22.7 Å². The predicted octanol–water partition coefficient (Wildman–Crippen LogP) is 2.82. The van der Waals surface area contributed by atoms with Crippen LogP contribution in [0.1, 0.15) is 10.5 Å². The van der Waals surface area contributed by atoms with E-state index in [1.54, 1.807) is 0 Å². The summed E-state index contributed by atoms with van der Waals surface area (Å²) < 4.78 is 26.2. The summed E-state index contributed by atoms with van der Waals surface area (Å²) in [6.07, 6.45) is 0. The summed E-state index contributed by atoms with van der Waals surface area (Å²) in [5.74, 6) is -2.75. The number of aromatic carboxylic acids is 1. The van der Waals surface area contributed by atoms with Crippen molar-refractivity contribution in [3.8, 4) is 11.3 Å². The van der Waals surface area contributed by atoms with E-state index in [9.17, 15) is 13.6 Å². The Labute approximate surface area is 102 Å². The summed E-state index contributed by atoms with van der Waals surface area (Å²) in [5.41, 5.74) is 0.170. The van der Waals surface area contributed by atoms with Crippen molar-refractivity contribution < 1.29 is 18.7 Å². The second kappa shape index (κ2) is 4.25. The summed E-state index contributed by atoms with van der Waals surface area (Å²) in [5, 5.41) is 14.6. The normalized spacial score (nSPS) is 10.5. The van der Waals surface area contributed by atoms with Crippen molar-refractivity contribution in [2.45, 2.75) is 0 Å². The van der Waals surface area contributed by atoms with Crippen LogP contribution in [0.4, 0.5) is 8.78 Å². The first-order chi connectivity index (χ1) is 7.99. The van der Waals surface area contributed by atoms with Crippen LogP contribution < -0.4 is 0 Å². The second-order valence-corrected chi connectivity index (χ2v) is 4.02. The van der Waals surface area contributed by atoms with Crippen LogP contribution in [-0.4, -0.2) is 21.3 Å². The number of aromatic nitrogens is 2. The molecule has 2 N–H and O–H groups in total. The average molecular weight is 303 g/mol. The fourth-order valence-electron chi connectivity index (χ4n) is 1.28. The van der Waals surface area contributed by atoms with Crippen molar-refractivity contribution in [3.63, 3.8) is 0 Å². The van der Waals surface area contributed by atoms with Gasteiger partial charge >= 0.3 is 5.97 Å². The molecule has 1 heterocycles. The van der Waals surface area contributed by atoms with Crippen LogP contribution in [0.5, 0.6) is 0 Å². The maximum atomic E-state index is 13.2. The van der Waals surface area contributed by atoms with E-state index >= 15 is 0 Å². The first-order valence-electron chi connectivity index (χ1n) is 4.42. The minimum absolute atomic E-state index is 0.149. The Morgan fingerprint density at radius 3 is 2.35 bits per heavy atom. The van der Waals surface area contributed by atoms with Crippen molar-refractivity contribution in [2.75, 3.05) is 0 Å². The van der Waals surface area contributed by atoms with Crippen molar-refractivity contribution in [3.05, 3.63) is 40.0 Å². The summed E-state index contributed by atoms with van der Waals surface area (Å²) in [6, 6.07) is 3.33. The largest absolute Gasteiger partial charge is 0.477 e. The van der Waals surface area contributed by atoms with E-state index in [1.165, 1.54) is 6.07 Å². The third-order valence-corrected chi connectivity index (χ3v) is 2.85. The highest BCUT2D eigenvalue weighted by atomic mass is 79.9. The lowest BCUT2D eigenvalue weighted by molar-refractivity contribution is 0.0690. The molecule has 2 rings (SSSR count). The van der Waals surface area contributed by atoms with Crippen LogP contribution in [0.3, 0.4) is 0 Å². The van der Waals surface area contributed by atoms with E-state index in [0.717, 1.165) is 12.1 Å². The third kappa shape index (κ3) is 2.19. The van der Waals surface area contributed by atoms with Gasteiger partial charge in [0.2, 0.25) is 0 Å². The molecule has 0 fully saturated rings. The van der Waals surface area contributed by atoms with Crippen LogP contribution in [-0.2, 0) is 0 Å². The van der Waals surface area contributed by atoms with Gasteiger partial charge in [-0.3, -0.25) is 5.10 Å². The molecule has 88 valence electrons. The van der Waals surface area contributed by atoms with Crippen LogP contribution in [0.2, 0.25) is 0 Å². The van der Waals surface area contributed by atoms with Crippen molar-refractivity contribution in [1.82, 2.24) is 10.2 Å². The van der Waals surface area contributed by atoms with E-state index in [1.807, 2.05) is 0 Å². The van der Waals surface area contributed by atoms with Crippen molar-refractivity contribution >= 4 is 21.9 Å². The van der Waals surface area contributed by atoms with Gasteiger partial charge in [0, 0.05) is 5.56 Å². The van der Waals surface area contributed by atoms with Gasteiger partial charge in [-0.1, -0.05) is 0 Å². The van der Waals surface area contributed by atoms with Crippen LogP contribution >= 0.6 is 15.9 Å². The third-order valence-electron chi connectivity index (χ3n) is 2.09. The lowest BCUT2D eigenvalue weighted by Crippen LogP contribution is -1.95. The van der Waals surface area contributed by atoms with E-state index in [-0.39, 0.29) is 21.4 Å². The molecule has 0 saturated carbocycles. The SMILES string of the molecule is O=C(O)c1cc(-c2cc(F)c(Br)c(F)c2)n[nH]1. The number of rotatable bonds is 2. The maximum absolute atomic E-state index is 13.2. The Hall–Kier alpha value is -1.76. The number of benzene rings is 1. The number of aromatic amines is 1. The molecule has 1 aromatic heterocycles. The van der Waals surface area contributed by atoms with Gasteiger partial charge in [0.1, 0.15) is 17.3 Å². The minimum Gasteiger partial charge on any atom is -0.477 e. The number of carbonyl (C=O) groups is 1. The van der Waals surface area contributed by atoms with Gasteiger partial charge in [-0.05, 0) is 34.1 Å². The zero-order valence-electron chi connectivity index (χ0n) is 8.17. The maximum Gasteiger partial charge on any atom is 0.353 e. The highest BCUT2D eigenvalue weighted by molar-refractivity contribution is 9.10. The zero-order valence-corrected chi connectivity index (χ0v) is 9.75. The molecule has 0 aliphatic carbocycles. The fourth-order valence-corrected chi connectivity index (χ4v) is 1.51. The minimum atomic E-state index is -1.19. The molecule has 0 spiro atoms. The number of nitrogens with one attached hydrogen (secondary N) is 1. The lowest BCUT2D eigenvalue weighted by Gasteiger charge is -2.00.